The van der Waals surface area contributed by atoms with Gasteiger partial charge in [0.2, 0.25) is 0 Å². The number of sulfone groups is 1. The number of carbonyl (C=O) groups is 1. The minimum absolute atomic E-state index is 0.163. The third-order valence-corrected chi connectivity index (χ3v) is 4.67. The second kappa shape index (κ2) is 6.54. The SMILES string of the molecule is CCNc1ccccc1S(=O)(=O)CC(=O)c1ccccc1. The molecule has 0 aliphatic carbocycles. The standard InChI is InChI=1S/C16H17NO3S/c1-2-17-14-10-6-7-11-16(14)21(19,20)12-15(18)13-8-4-3-5-9-13/h3-11,17H,2,12H2,1H3. The summed E-state index contributed by atoms with van der Waals surface area (Å²) in [7, 11) is -3.67. The molecule has 0 bridgehead atoms. The average molecular weight is 303 g/mol. The second-order valence-corrected chi connectivity index (χ2v) is 6.53. The van der Waals surface area contributed by atoms with E-state index in [1.165, 1.54) is 6.07 Å². The molecule has 21 heavy (non-hydrogen) atoms. The monoisotopic (exact) mass is 303 g/mol. The van der Waals surface area contributed by atoms with E-state index < -0.39 is 21.4 Å². The number of hydrogen-bond acceptors (Lipinski definition) is 4. The van der Waals surface area contributed by atoms with Gasteiger partial charge in [0.05, 0.1) is 10.6 Å². The quantitative estimate of drug-likeness (QED) is 0.834. The molecule has 0 unspecified atom stereocenters. The smallest absolute Gasteiger partial charge is 0.187 e. The molecule has 110 valence electrons. The van der Waals surface area contributed by atoms with Crippen LogP contribution in [0.25, 0.3) is 0 Å². The highest BCUT2D eigenvalue weighted by atomic mass is 32.2. The average Bonchev–Trinajstić information content (AvgIpc) is 2.48. The molecule has 0 radical (unpaired) electrons. The fourth-order valence-electron chi connectivity index (χ4n) is 2.03. The third-order valence-electron chi connectivity index (χ3n) is 3.01. The Labute approximate surface area is 124 Å². The molecule has 1 N–H and O–H groups in total. The van der Waals surface area contributed by atoms with Crippen molar-refractivity contribution in [3.63, 3.8) is 0 Å². The Kier molecular flexibility index (Phi) is 4.75. The van der Waals surface area contributed by atoms with Gasteiger partial charge in [0.1, 0.15) is 5.75 Å². The summed E-state index contributed by atoms with van der Waals surface area (Å²) in [6, 6.07) is 15.1. The number of hydrogen-bond donors (Lipinski definition) is 1. The minimum atomic E-state index is -3.67. The van der Waals surface area contributed by atoms with Gasteiger partial charge in [0.15, 0.2) is 15.6 Å². The maximum absolute atomic E-state index is 12.5. The van der Waals surface area contributed by atoms with Gasteiger partial charge in [-0.1, -0.05) is 42.5 Å². The normalized spacial score (nSPS) is 11.1. The van der Waals surface area contributed by atoms with Crippen LogP contribution in [0.3, 0.4) is 0 Å². The van der Waals surface area contributed by atoms with Crippen molar-refractivity contribution in [3.05, 3.63) is 60.2 Å². The Bertz CT molecular complexity index is 724. The minimum Gasteiger partial charge on any atom is -0.384 e. The lowest BCUT2D eigenvalue weighted by atomic mass is 10.2. The summed E-state index contributed by atoms with van der Waals surface area (Å²) >= 11 is 0. The van der Waals surface area contributed by atoms with Crippen molar-refractivity contribution in [1.82, 2.24) is 0 Å². The van der Waals surface area contributed by atoms with E-state index in [2.05, 4.69) is 5.32 Å². The van der Waals surface area contributed by atoms with E-state index in [1.807, 2.05) is 6.92 Å². The topological polar surface area (TPSA) is 63.2 Å². The number of ketones is 1. The van der Waals surface area contributed by atoms with E-state index in [0.29, 0.717) is 17.8 Å². The van der Waals surface area contributed by atoms with Crippen molar-refractivity contribution in [2.24, 2.45) is 0 Å². The summed E-state index contributed by atoms with van der Waals surface area (Å²) in [6.07, 6.45) is 0. The molecule has 0 atom stereocenters. The van der Waals surface area contributed by atoms with Crippen LogP contribution >= 0.6 is 0 Å². The first-order valence-electron chi connectivity index (χ1n) is 6.68. The van der Waals surface area contributed by atoms with Crippen molar-refractivity contribution < 1.29 is 13.2 Å². The van der Waals surface area contributed by atoms with Gasteiger partial charge in [0.25, 0.3) is 0 Å². The van der Waals surface area contributed by atoms with Crippen molar-refractivity contribution >= 4 is 21.3 Å². The number of carbonyl (C=O) groups excluding carboxylic acids is 1. The zero-order chi connectivity index (χ0) is 15.3. The van der Waals surface area contributed by atoms with Crippen molar-refractivity contribution in [1.29, 1.82) is 0 Å². The van der Waals surface area contributed by atoms with Gasteiger partial charge in [-0.05, 0) is 19.1 Å². The summed E-state index contributed by atoms with van der Waals surface area (Å²) in [5.74, 6) is -0.929. The maximum Gasteiger partial charge on any atom is 0.187 e. The van der Waals surface area contributed by atoms with Gasteiger partial charge in [0, 0.05) is 12.1 Å². The van der Waals surface area contributed by atoms with E-state index in [9.17, 15) is 13.2 Å². The molecular formula is C16H17NO3S. The summed E-state index contributed by atoms with van der Waals surface area (Å²) in [5, 5.41) is 3.00. The highest BCUT2D eigenvalue weighted by molar-refractivity contribution is 7.92. The zero-order valence-electron chi connectivity index (χ0n) is 11.7. The van der Waals surface area contributed by atoms with Gasteiger partial charge in [-0.3, -0.25) is 4.79 Å². The summed E-state index contributed by atoms with van der Waals surface area (Å²) in [5.41, 5.74) is 0.933. The van der Waals surface area contributed by atoms with E-state index in [1.54, 1.807) is 48.5 Å². The van der Waals surface area contributed by atoms with Crippen molar-refractivity contribution in [3.8, 4) is 0 Å². The molecule has 0 aliphatic rings. The first kappa shape index (κ1) is 15.3. The van der Waals surface area contributed by atoms with Crippen LogP contribution in [0, 0.1) is 0 Å². The van der Waals surface area contributed by atoms with E-state index in [-0.39, 0.29) is 4.90 Å². The lowest BCUT2D eigenvalue weighted by Crippen LogP contribution is -2.18. The third kappa shape index (κ3) is 3.70. The molecule has 4 nitrogen and oxygen atoms in total. The predicted octanol–water partition coefficient (Wildman–Crippen LogP) is 2.78. The van der Waals surface area contributed by atoms with Gasteiger partial charge in [-0.15, -0.1) is 0 Å². The first-order valence-corrected chi connectivity index (χ1v) is 8.33. The fourth-order valence-corrected chi connectivity index (χ4v) is 3.46. The van der Waals surface area contributed by atoms with Crippen LogP contribution in [0.15, 0.2) is 59.5 Å². The van der Waals surface area contributed by atoms with Crippen LogP contribution in [0.2, 0.25) is 0 Å². The number of nitrogens with one attached hydrogen (secondary N) is 1. The zero-order valence-corrected chi connectivity index (χ0v) is 12.6. The highest BCUT2D eigenvalue weighted by Crippen LogP contribution is 2.22. The van der Waals surface area contributed by atoms with E-state index in [0.717, 1.165) is 0 Å². The summed E-state index contributed by atoms with van der Waals surface area (Å²) in [4.78, 5) is 12.3. The van der Waals surface area contributed by atoms with Crippen molar-refractivity contribution in [2.45, 2.75) is 11.8 Å². The molecule has 0 saturated carbocycles. The highest BCUT2D eigenvalue weighted by Gasteiger charge is 2.22. The second-order valence-electron chi connectivity index (χ2n) is 4.57. The molecule has 0 saturated heterocycles. The molecule has 0 aromatic heterocycles. The summed E-state index contributed by atoms with van der Waals surface area (Å²) in [6.45, 7) is 2.50. The van der Waals surface area contributed by atoms with Crippen molar-refractivity contribution in [2.75, 3.05) is 17.6 Å². The Morgan fingerprint density at radius 1 is 1.00 bits per heavy atom. The molecule has 2 aromatic rings. The molecule has 0 heterocycles. The lowest BCUT2D eigenvalue weighted by molar-refractivity contribution is 0.102. The van der Waals surface area contributed by atoms with Crippen LogP contribution in [0.1, 0.15) is 17.3 Å². The molecule has 0 aliphatic heterocycles. The van der Waals surface area contributed by atoms with Gasteiger partial charge in [-0.25, -0.2) is 8.42 Å². The molecule has 0 amide bonds. The van der Waals surface area contributed by atoms with Crippen LogP contribution in [-0.2, 0) is 9.84 Å². The van der Waals surface area contributed by atoms with E-state index in [4.69, 9.17) is 0 Å². The number of para-hydroxylation sites is 1. The number of anilines is 1. The Morgan fingerprint density at radius 2 is 1.62 bits per heavy atom. The molecule has 2 rings (SSSR count). The molecule has 5 heteroatoms. The van der Waals surface area contributed by atoms with Crippen LogP contribution in [0.4, 0.5) is 5.69 Å². The van der Waals surface area contributed by atoms with Gasteiger partial charge in [-0.2, -0.15) is 0 Å². The maximum atomic E-state index is 12.5. The number of rotatable bonds is 6. The summed E-state index contributed by atoms with van der Waals surface area (Å²) < 4.78 is 24.9. The number of Topliss-reactive ketones (excluding diaryl/α,β-unsaturated/α-hetero) is 1. The van der Waals surface area contributed by atoms with Gasteiger partial charge >= 0.3 is 0 Å². The molecular weight excluding hydrogens is 286 g/mol. The van der Waals surface area contributed by atoms with E-state index >= 15 is 0 Å². The van der Waals surface area contributed by atoms with Crippen LogP contribution < -0.4 is 5.32 Å². The first-order chi connectivity index (χ1) is 10.0. The molecule has 2 aromatic carbocycles. The van der Waals surface area contributed by atoms with Gasteiger partial charge < -0.3 is 5.32 Å². The largest absolute Gasteiger partial charge is 0.384 e. The fraction of sp³-hybridized carbons (Fsp3) is 0.188. The molecule has 0 fully saturated rings. The van der Waals surface area contributed by atoms with Crippen LogP contribution in [-0.4, -0.2) is 26.5 Å². The molecule has 0 spiro atoms. The Hall–Kier alpha value is -2.14. The Balaban J connectivity index is 2.29. The Morgan fingerprint density at radius 3 is 2.29 bits per heavy atom. The number of benzene rings is 2. The lowest BCUT2D eigenvalue weighted by Gasteiger charge is -2.11. The van der Waals surface area contributed by atoms with Crippen LogP contribution in [0.5, 0.6) is 0 Å². The predicted molar refractivity (Wildman–Crippen MR) is 83.4 cm³/mol.